The number of nitriles is 1. The van der Waals surface area contributed by atoms with Gasteiger partial charge in [-0.2, -0.15) is 5.26 Å². The number of carbonyl (C=O) groups is 2. The quantitative estimate of drug-likeness (QED) is 0.937. The average Bonchev–Trinajstić information content (AvgIpc) is 3.00. The lowest BCUT2D eigenvalue weighted by atomic mass is 10.1. The molecule has 2 aromatic carbocycles. The first-order valence-electron chi connectivity index (χ1n) is 8.17. The third-order valence-corrected chi connectivity index (χ3v) is 4.60. The van der Waals surface area contributed by atoms with Gasteiger partial charge in [0.25, 0.3) is 0 Å². The number of aryl methyl sites for hydroxylation is 2. The number of hydrogen-bond donors (Lipinski definition) is 1. The second kappa shape index (κ2) is 6.78. The van der Waals surface area contributed by atoms with Crippen molar-refractivity contribution in [1.29, 1.82) is 5.26 Å². The molecule has 1 aliphatic rings. The molecule has 5 heteroatoms. The maximum Gasteiger partial charge on any atom is 0.229 e. The summed E-state index contributed by atoms with van der Waals surface area (Å²) >= 11 is 0. The van der Waals surface area contributed by atoms with E-state index in [1.165, 1.54) is 0 Å². The van der Waals surface area contributed by atoms with Crippen molar-refractivity contribution >= 4 is 23.2 Å². The highest BCUT2D eigenvalue weighted by Crippen LogP contribution is 2.28. The summed E-state index contributed by atoms with van der Waals surface area (Å²) in [7, 11) is 0. The second-order valence-corrected chi connectivity index (χ2v) is 6.32. The maximum atomic E-state index is 12.5. The standard InChI is InChI=1S/C20H19N3O2/c1-13-7-8-17(9-14(13)2)23-12-16(10-19(23)24)20(25)22-18-6-4-3-5-15(18)11-21/h3-9,16H,10,12H2,1-2H3,(H,22,25)/t16-/m1/s1. The Labute approximate surface area is 146 Å². The Morgan fingerprint density at radius 1 is 1.20 bits per heavy atom. The maximum absolute atomic E-state index is 12.5. The third kappa shape index (κ3) is 3.38. The summed E-state index contributed by atoms with van der Waals surface area (Å²) in [6, 6.07) is 14.8. The zero-order valence-corrected chi connectivity index (χ0v) is 14.2. The van der Waals surface area contributed by atoms with Crippen LogP contribution in [0.1, 0.15) is 23.1 Å². The molecule has 0 radical (unpaired) electrons. The number of anilines is 2. The van der Waals surface area contributed by atoms with Gasteiger partial charge in [-0.25, -0.2) is 0 Å². The fourth-order valence-corrected chi connectivity index (χ4v) is 2.95. The number of carbonyl (C=O) groups excluding carboxylic acids is 2. The molecule has 3 rings (SSSR count). The molecule has 5 nitrogen and oxygen atoms in total. The van der Waals surface area contributed by atoms with Crippen molar-refractivity contribution in [3.8, 4) is 6.07 Å². The number of amides is 2. The largest absolute Gasteiger partial charge is 0.325 e. The lowest BCUT2D eigenvalue weighted by Gasteiger charge is -2.18. The van der Waals surface area contributed by atoms with Crippen molar-refractivity contribution in [2.75, 3.05) is 16.8 Å². The number of para-hydroxylation sites is 1. The molecular weight excluding hydrogens is 314 g/mol. The van der Waals surface area contributed by atoms with Crippen LogP contribution in [-0.4, -0.2) is 18.4 Å². The molecule has 126 valence electrons. The topological polar surface area (TPSA) is 73.2 Å². The molecule has 2 aromatic rings. The van der Waals surface area contributed by atoms with Gasteiger partial charge in [0.15, 0.2) is 0 Å². The fraction of sp³-hybridized carbons (Fsp3) is 0.250. The summed E-state index contributed by atoms with van der Waals surface area (Å²) in [6.45, 7) is 4.37. The van der Waals surface area contributed by atoms with Crippen LogP contribution in [0.15, 0.2) is 42.5 Å². The average molecular weight is 333 g/mol. The van der Waals surface area contributed by atoms with Crippen molar-refractivity contribution in [2.45, 2.75) is 20.3 Å². The van der Waals surface area contributed by atoms with Gasteiger partial charge in [0.2, 0.25) is 11.8 Å². The minimum Gasteiger partial charge on any atom is -0.325 e. The first-order valence-corrected chi connectivity index (χ1v) is 8.17. The monoisotopic (exact) mass is 333 g/mol. The Bertz CT molecular complexity index is 883. The van der Waals surface area contributed by atoms with Crippen molar-refractivity contribution < 1.29 is 9.59 Å². The van der Waals surface area contributed by atoms with E-state index < -0.39 is 5.92 Å². The number of benzene rings is 2. The Morgan fingerprint density at radius 3 is 2.68 bits per heavy atom. The van der Waals surface area contributed by atoms with Gasteiger partial charge in [-0.1, -0.05) is 18.2 Å². The molecule has 1 N–H and O–H groups in total. The lowest BCUT2D eigenvalue weighted by Crippen LogP contribution is -2.28. The molecule has 0 bridgehead atoms. The molecule has 0 unspecified atom stereocenters. The summed E-state index contributed by atoms with van der Waals surface area (Å²) in [5.41, 5.74) is 3.98. The van der Waals surface area contributed by atoms with E-state index in [-0.39, 0.29) is 18.2 Å². The zero-order valence-electron chi connectivity index (χ0n) is 14.2. The van der Waals surface area contributed by atoms with Crippen LogP contribution in [0.2, 0.25) is 0 Å². The summed E-state index contributed by atoms with van der Waals surface area (Å²) < 4.78 is 0. The van der Waals surface area contributed by atoms with Crippen LogP contribution in [0, 0.1) is 31.1 Å². The van der Waals surface area contributed by atoms with Crippen molar-refractivity contribution in [3.63, 3.8) is 0 Å². The third-order valence-electron chi connectivity index (χ3n) is 4.60. The molecule has 1 aliphatic heterocycles. The Morgan fingerprint density at radius 2 is 1.96 bits per heavy atom. The molecular formula is C20H19N3O2. The Hall–Kier alpha value is -3.13. The van der Waals surface area contributed by atoms with E-state index in [4.69, 9.17) is 5.26 Å². The number of hydrogen-bond acceptors (Lipinski definition) is 3. The van der Waals surface area contributed by atoms with Gasteiger partial charge in [0, 0.05) is 18.7 Å². The highest BCUT2D eigenvalue weighted by molar-refractivity contribution is 6.03. The number of rotatable bonds is 3. The van der Waals surface area contributed by atoms with E-state index in [0.717, 1.165) is 16.8 Å². The van der Waals surface area contributed by atoms with E-state index in [1.807, 2.05) is 32.0 Å². The van der Waals surface area contributed by atoms with Crippen LogP contribution in [0.25, 0.3) is 0 Å². The van der Waals surface area contributed by atoms with Gasteiger partial charge in [-0.3, -0.25) is 9.59 Å². The molecule has 1 saturated heterocycles. The molecule has 0 aromatic heterocycles. The highest BCUT2D eigenvalue weighted by Gasteiger charge is 2.35. The number of nitrogens with zero attached hydrogens (tertiary/aromatic N) is 2. The van der Waals surface area contributed by atoms with Crippen molar-refractivity contribution in [2.24, 2.45) is 5.92 Å². The minimum atomic E-state index is -0.430. The summed E-state index contributed by atoms with van der Waals surface area (Å²) in [4.78, 5) is 26.5. The van der Waals surface area contributed by atoms with Crippen molar-refractivity contribution in [3.05, 3.63) is 59.2 Å². The molecule has 1 heterocycles. The van der Waals surface area contributed by atoms with Crippen LogP contribution >= 0.6 is 0 Å². The Kier molecular flexibility index (Phi) is 4.53. The first-order chi connectivity index (χ1) is 12.0. The van der Waals surface area contributed by atoms with E-state index in [2.05, 4.69) is 11.4 Å². The van der Waals surface area contributed by atoms with Crippen LogP contribution in [0.5, 0.6) is 0 Å². The summed E-state index contributed by atoms with van der Waals surface area (Å²) in [5, 5.41) is 11.9. The first kappa shape index (κ1) is 16.7. The summed E-state index contributed by atoms with van der Waals surface area (Å²) in [6.07, 6.45) is 0.174. The van der Waals surface area contributed by atoms with Crippen molar-refractivity contribution in [1.82, 2.24) is 0 Å². The SMILES string of the molecule is Cc1ccc(N2C[C@H](C(=O)Nc3ccccc3C#N)CC2=O)cc1C. The molecule has 0 aliphatic carbocycles. The normalized spacial score (nSPS) is 16.6. The van der Waals surface area contributed by atoms with Gasteiger partial charge in [-0.05, 0) is 49.2 Å². The van der Waals surface area contributed by atoms with Crippen LogP contribution in [0.4, 0.5) is 11.4 Å². The van der Waals surface area contributed by atoms with E-state index in [9.17, 15) is 9.59 Å². The van der Waals surface area contributed by atoms with Gasteiger partial charge in [-0.15, -0.1) is 0 Å². The minimum absolute atomic E-state index is 0.0584. The van der Waals surface area contributed by atoms with E-state index in [0.29, 0.717) is 17.8 Å². The van der Waals surface area contributed by atoms with Gasteiger partial charge < -0.3 is 10.2 Å². The van der Waals surface area contributed by atoms with E-state index in [1.54, 1.807) is 29.2 Å². The molecule has 2 amide bonds. The smallest absolute Gasteiger partial charge is 0.229 e. The molecule has 1 atom stereocenters. The number of nitrogens with one attached hydrogen (secondary N) is 1. The summed E-state index contributed by atoms with van der Waals surface area (Å²) in [5.74, 6) is -0.722. The van der Waals surface area contributed by atoms with Crippen LogP contribution in [0.3, 0.4) is 0 Å². The van der Waals surface area contributed by atoms with E-state index >= 15 is 0 Å². The lowest BCUT2D eigenvalue weighted by molar-refractivity contribution is -0.122. The molecule has 0 spiro atoms. The van der Waals surface area contributed by atoms with Gasteiger partial charge in [0.1, 0.15) is 6.07 Å². The highest BCUT2D eigenvalue weighted by atomic mass is 16.2. The van der Waals surface area contributed by atoms with Gasteiger partial charge in [0.05, 0.1) is 17.2 Å². The Balaban J connectivity index is 1.74. The van der Waals surface area contributed by atoms with Crippen LogP contribution in [-0.2, 0) is 9.59 Å². The predicted octanol–water partition coefficient (Wildman–Crippen LogP) is 3.17. The zero-order chi connectivity index (χ0) is 18.0. The molecule has 0 saturated carbocycles. The molecule has 25 heavy (non-hydrogen) atoms. The predicted molar refractivity (Wildman–Crippen MR) is 96.2 cm³/mol. The van der Waals surface area contributed by atoms with Crippen LogP contribution < -0.4 is 10.2 Å². The second-order valence-electron chi connectivity index (χ2n) is 6.32. The fourth-order valence-electron chi connectivity index (χ4n) is 2.95. The molecule has 1 fully saturated rings. The van der Waals surface area contributed by atoms with Gasteiger partial charge >= 0.3 is 0 Å².